The zero-order valence-corrected chi connectivity index (χ0v) is 16.2. The molecule has 0 unspecified atom stereocenters. The quantitative estimate of drug-likeness (QED) is 0.568. The normalized spacial score (nSPS) is 11.6. The van der Waals surface area contributed by atoms with Crippen LogP contribution in [0.25, 0.3) is 6.08 Å². The van der Waals surface area contributed by atoms with Crippen molar-refractivity contribution in [2.45, 2.75) is 11.4 Å². The molecule has 1 amide bonds. The maximum Gasteiger partial charge on any atom is 0.248 e. The number of anilines is 1. The van der Waals surface area contributed by atoms with Gasteiger partial charge in [-0.1, -0.05) is 35.9 Å². The van der Waals surface area contributed by atoms with E-state index < -0.39 is 10.0 Å². The van der Waals surface area contributed by atoms with Crippen molar-refractivity contribution >= 4 is 39.3 Å². The molecule has 0 aliphatic heterocycles. The monoisotopic (exact) mass is 416 g/mol. The second-order valence-electron chi connectivity index (χ2n) is 5.78. The second-order valence-corrected chi connectivity index (χ2v) is 7.95. The minimum Gasteiger partial charge on any atom is -0.468 e. The third kappa shape index (κ3) is 5.32. The van der Waals surface area contributed by atoms with Gasteiger partial charge in [0.05, 0.1) is 28.4 Å². The summed E-state index contributed by atoms with van der Waals surface area (Å²) in [5.74, 6) is 0.178. The van der Waals surface area contributed by atoms with E-state index in [9.17, 15) is 13.2 Å². The van der Waals surface area contributed by atoms with Crippen molar-refractivity contribution in [1.29, 1.82) is 0 Å². The van der Waals surface area contributed by atoms with Crippen LogP contribution < -0.4 is 10.0 Å². The summed E-state index contributed by atoms with van der Waals surface area (Å²) in [6.07, 6.45) is 4.41. The fourth-order valence-corrected chi connectivity index (χ4v) is 3.51. The van der Waals surface area contributed by atoms with Gasteiger partial charge in [-0.25, -0.2) is 13.1 Å². The molecule has 0 saturated heterocycles. The number of nitrogens with one attached hydrogen (secondary N) is 2. The average Bonchev–Trinajstić information content (AvgIpc) is 3.21. The van der Waals surface area contributed by atoms with Crippen molar-refractivity contribution in [2.75, 3.05) is 5.32 Å². The first-order chi connectivity index (χ1) is 13.4. The number of sulfonamides is 1. The highest BCUT2D eigenvalue weighted by Crippen LogP contribution is 2.20. The van der Waals surface area contributed by atoms with Crippen LogP contribution in [0.5, 0.6) is 0 Å². The Morgan fingerprint density at radius 1 is 1.04 bits per heavy atom. The van der Waals surface area contributed by atoms with Crippen LogP contribution in [0.3, 0.4) is 0 Å². The lowest BCUT2D eigenvalue weighted by Gasteiger charge is -2.06. The molecule has 0 saturated carbocycles. The molecule has 0 atom stereocenters. The summed E-state index contributed by atoms with van der Waals surface area (Å²) in [6.45, 7) is 0.0687. The van der Waals surface area contributed by atoms with E-state index in [-0.39, 0.29) is 17.3 Å². The van der Waals surface area contributed by atoms with E-state index in [2.05, 4.69) is 10.0 Å². The summed E-state index contributed by atoms with van der Waals surface area (Å²) >= 11 is 6.00. The van der Waals surface area contributed by atoms with Crippen molar-refractivity contribution < 1.29 is 17.6 Å². The number of carbonyl (C=O) groups excluding carboxylic acids is 1. The van der Waals surface area contributed by atoms with Crippen LogP contribution in [0, 0.1) is 0 Å². The highest BCUT2D eigenvalue weighted by molar-refractivity contribution is 7.89. The van der Waals surface area contributed by atoms with Gasteiger partial charge in [0.1, 0.15) is 5.76 Å². The molecule has 1 aromatic heterocycles. The first-order valence-corrected chi connectivity index (χ1v) is 10.2. The summed E-state index contributed by atoms with van der Waals surface area (Å²) in [5, 5.41) is 3.12. The summed E-state index contributed by atoms with van der Waals surface area (Å²) in [6, 6.07) is 16.4. The van der Waals surface area contributed by atoms with Crippen molar-refractivity contribution in [3.05, 3.63) is 89.3 Å². The fourth-order valence-electron chi connectivity index (χ4n) is 2.33. The van der Waals surface area contributed by atoms with Crippen molar-refractivity contribution in [1.82, 2.24) is 4.72 Å². The summed E-state index contributed by atoms with van der Waals surface area (Å²) in [4.78, 5) is 12.1. The van der Waals surface area contributed by atoms with Gasteiger partial charge in [-0.15, -0.1) is 0 Å². The van der Waals surface area contributed by atoms with Crippen LogP contribution in [0.4, 0.5) is 5.69 Å². The van der Waals surface area contributed by atoms with Gasteiger partial charge in [-0.05, 0) is 48.0 Å². The van der Waals surface area contributed by atoms with Crippen LogP contribution in [-0.2, 0) is 21.4 Å². The molecular formula is C20H17ClN2O4S. The number of halogens is 1. The van der Waals surface area contributed by atoms with E-state index in [1.807, 2.05) is 0 Å². The number of hydrogen-bond acceptors (Lipinski definition) is 4. The first-order valence-electron chi connectivity index (χ1n) is 8.30. The van der Waals surface area contributed by atoms with E-state index in [0.29, 0.717) is 22.0 Å². The molecule has 0 aliphatic rings. The number of carbonyl (C=O) groups is 1. The molecule has 8 heteroatoms. The minimum atomic E-state index is -3.66. The molecule has 144 valence electrons. The van der Waals surface area contributed by atoms with E-state index in [0.717, 1.165) is 0 Å². The standard InChI is InChI=1S/C20H17ClN2O4S/c21-18-5-1-2-6-19(18)23-20(24)12-9-15-7-10-17(11-8-15)28(25,26)22-14-16-4-3-13-27-16/h1-13,22H,14H2,(H,23,24)/b12-9+. The Bertz CT molecular complexity index is 1080. The van der Waals surface area contributed by atoms with Crippen LogP contribution in [0.15, 0.2) is 82.3 Å². The van der Waals surface area contributed by atoms with Gasteiger partial charge in [-0.3, -0.25) is 4.79 Å². The molecule has 3 aromatic rings. The third-order valence-electron chi connectivity index (χ3n) is 3.77. The molecule has 6 nitrogen and oxygen atoms in total. The lowest BCUT2D eigenvalue weighted by molar-refractivity contribution is -0.111. The maximum atomic E-state index is 12.3. The maximum absolute atomic E-state index is 12.3. The molecule has 0 aliphatic carbocycles. The minimum absolute atomic E-state index is 0.0687. The molecular weight excluding hydrogens is 400 g/mol. The predicted octanol–water partition coefficient (Wildman–Crippen LogP) is 4.06. The molecule has 0 spiro atoms. The van der Waals surface area contributed by atoms with Crippen molar-refractivity contribution in [3.8, 4) is 0 Å². The Kier molecular flexibility index (Phi) is 6.30. The van der Waals surface area contributed by atoms with Crippen LogP contribution in [0.1, 0.15) is 11.3 Å². The van der Waals surface area contributed by atoms with Crippen LogP contribution >= 0.6 is 11.6 Å². The highest BCUT2D eigenvalue weighted by Gasteiger charge is 2.14. The number of para-hydroxylation sites is 1. The lowest BCUT2D eigenvalue weighted by atomic mass is 10.2. The third-order valence-corrected chi connectivity index (χ3v) is 5.51. The summed E-state index contributed by atoms with van der Waals surface area (Å²) in [5.41, 5.74) is 1.20. The second kappa shape index (κ2) is 8.88. The van der Waals surface area contributed by atoms with Crippen LogP contribution in [0.2, 0.25) is 5.02 Å². The van der Waals surface area contributed by atoms with Crippen LogP contribution in [-0.4, -0.2) is 14.3 Å². The number of hydrogen-bond donors (Lipinski definition) is 2. The van der Waals surface area contributed by atoms with Gasteiger partial charge >= 0.3 is 0 Å². The Morgan fingerprint density at radius 2 is 1.79 bits per heavy atom. The lowest BCUT2D eigenvalue weighted by Crippen LogP contribution is -2.22. The number of amides is 1. The molecule has 2 aromatic carbocycles. The zero-order chi connectivity index (χ0) is 20.0. The predicted molar refractivity (Wildman–Crippen MR) is 108 cm³/mol. The van der Waals surface area contributed by atoms with Crippen molar-refractivity contribution in [3.63, 3.8) is 0 Å². The molecule has 0 bridgehead atoms. The molecule has 3 rings (SSSR count). The van der Waals surface area contributed by atoms with E-state index in [4.69, 9.17) is 16.0 Å². The topological polar surface area (TPSA) is 88.4 Å². The van der Waals surface area contributed by atoms with Gasteiger partial charge < -0.3 is 9.73 Å². The number of rotatable bonds is 7. The van der Waals surface area contributed by atoms with E-state index >= 15 is 0 Å². The highest BCUT2D eigenvalue weighted by atomic mass is 35.5. The smallest absolute Gasteiger partial charge is 0.248 e. The molecule has 2 N–H and O–H groups in total. The first kappa shape index (κ1) is 19.9. The molecule has 0 radical (unpaired) electrons. The van der Waals surface area contributed by atoms with E-state index in [1.165, 1.54) is 24.5 Å². The Balaban J connectivity index is 1.61. The number of furan rings is 1. The average molecular weight is 417 g/mol. The Morgan fingerprint density at radius 3 is 2.46 bits per heavy atom. The Hall–Kier alpha value is -2.87. The van der Waals surface area contributed by atoms with E-state index in [1.54, 1.807) is 54.6 Å². The van der Waals surface area contributed by atoms with Crippen molar-refractivity contribution in [2.24, 2.45) is 0 Å². The molecule has 1 heterocycles. The number of benzene rings is 2. The zero-order valence-electron chi connectivity index (χ0n) is 14.6. The SMILES string of the molecule is O=C(/C=C/c1ccc(S(=O)(=O)NCc2ccco2)cc1)Nc1ccccc1Cl. The van der Waals surface area contributed by atoms with Gasteiger partial charge in [-0.2, -0.15) is 0 Å². The van der Waals surface area contributed by atoms with Gasteiger partial charge in [0.25, 0.3) is 0 Å². The van der Waals surface area contributed by atoms with Gasteiger partial charge in [0.2, 0.25) is 15.9 Å². The fraction of sp³-hybridized carbons (Fsp3) is 0.0500. The van der Waals surface area contributed by atoms with Gasteiger partial charge in [0.15, 0.2) is 0 Å². The summed E-state index contributed by atoms with van der Waals surface area (Å²) in [7, 11) is -3.66. The molecule has 0 fully saturated rings. The molecule has 28 heavy (non-hydrogen) atoms. The summed E-state index contributed by atoms with van der Waals surface area (Å²) < 4.78 is 32.2. The largest absolute Gasteiger partial charge is 0.468 e. The Labute approximate surface area is 167 Å². The van der Waals surface area contributed by atoms with Gasteiger partial charge in [0, 0.05) is 6.08 Å².